The summed E-state index contributed by atoms with van der Waals surface area (Å²) < 4.78 is 23.4. The van der Waals surface area contributed by atoms with E-state index in [9.17, 15) is 8.42 Å². The van der Waals surface area contributed by atoms with Gasteiger partial charge in [-0.15, -0.1) is 11.3 Å². The molecule has 0 atom stereocenters. The molecule has 1 heterocycles. The number of rotatable bonds is 1. The van der Waals surface area contributed by atoms with E-state index in [4.69, 9.17) is 10.7 Å². The van der Waals surface area contributed by atoms with Gasteiger partial charge in [0.05, 0.1) is 4.90 Å². The molecule has 0 aliphatic heterocycles. The van der Waals surface area contributed by atoms with Gasteiger partial charge in [0.25, 0.3) is 9.05 Å². The fourth-order valence-electron chi connectivity index (χ4n) is 1.37. The third-order valence-corrected chi connectivity index (χ3v) is 4.30. The summed E-state index contributed by atoms with van der Waals surface area (Å²) in [5.74, 6) is 0. The highest BCUT2D eigenvalue weighted by Crippen LogP contribution is 2.31. The van der Waals surface area contributed by atoms with E-state index in [-0.39, 0.29) is 4.90 Å². The van der Waals surface area contributed by atoms with Crippen LogP contribution in [0.3, 0.4) is 0 Å². The maximum Gasteiger partial charge on any atom is 0.261 e. The lowest BCUT2D eigenvalue weighted by molar-refractivity contribution is 0.610. The molecule has 0 spiro atoms. The number of hydrogen-bond acceptors (Lipinski definition) is 3. The van der Waals surface area contributed by atoms with Gasteiger partial charge in [-0.3, -0.25) is 0 Å². The second-order valence-corrected chi connectivity index (χ2v) is 6.79. The minimum absolute atomic E-state index is 0.195. The molecule has 0 aliphatic carbocycles. The Morgan fingerprint density at radius 2 is 2.07 bits per heavy atom. The van der Waals surface area contributed by atoms with E-state index >= 15 is 0 Å². The topological polar surface area (TPSA) is 34.1 Å². The van der Waals surface area contributed by atoms with E-state index in [1.165, 1.54) is 6.07 Å². The maximum absolute atomic E-state index is 11.2. The van der Waals surface area contributed by atoms with Crippen LogP contribution in [0.15, 0.2) is 29.2 Å². The van der Waals surface area contributed by atoms with Crippen molar-refractivity contribution in [3.05, 3.63) is 29.1 Å². The fourth-order valence-corrected chi connectivity index (χ4v) is 3.46. The van der Waals surface area contributed by atoms with Crippen LogP contribution in [0.4, 0.5) is 0 Å². The molecule has 0 saturated heterocycles. The summed E-state index contributed by atoms with van der Waals surface area (Å²) in [5, 5.41) is 0.713. The van der Waals surface area contributed by atoms with Crippen molar-refractivity contribution in [2.24, 2.45) is 0 Å². The minimum Gasteiger partial charge on any atom is -0.207 e. The van der Waals surface area contributed by atoms with Gasteiger partial charge < -0.3 is 0 Å². The Labute approximate surface area is 90.6 Å². The Morgan fingerprint density at radius 3 is 2.71 bits per heavy atom. The van der Waals surface area contributed by atoms with Crippen LogP contribution in [0.2, 0.25) is 0 Å². The van der Waals surface area contributed by atoms with Crippen LogP contribution >= 0.6 is 22.0 Å². The molecule has 0 saturated carbocycles. The molecule has 2 rings (SSSR count). The Balaban J connectivity index is 2.90. The molecule has 14 heavy (non-hydrogen) atoms. The first-order valence-corrected chi connectivity index (χ1v) is 7.05. The van der Waals surface area contributed by atoms with Crippen LogP contribution in [0.1, 0.15) is 4.88 Å². The third-order valence-electron chi connectivity index (χ3n) is 1.91. The van der Waals surface area contributed by atoms with Crippen molar-refractivity contribution in [1.29, 1.82) is 0 Å². The summed E-state index contributed by atoms with van der Waals surface area (Å²) in [6.45, 7) is 1.94. The molecule has 2 aromatic rings. The molecule has 74 valence electrons. The van der Waals surface area contributed by atoms with E-state index in [2.05, 4.69) is 0 Å². The monoisotopic (exact) mass is 246 g/mol. The molecule has 0 bridgehead atoms. The molecule has 0 unspecified atom stereocenters. The zero-order valence-corrected chi connectivity index (χ0v) is 9.71. The van der Waals surface area contributed by atoms with Gasteiger partial charge in [0.1, 0.15) is 0 Å². The van der Waals surface area contributed by atoms with Crippen LogP contribution < -0.4 is 0 Å². The highest BCUT2D eigenvalue weighted by Gasteiger charge is 2.14. The van der Waals surface area contributed by atoms with Crippen molar-refractivity contribution in [1.82, 2.24) is 0 Å². The van der Waals surface area contributed by atoms with Gasteiger partial charge in [0, 0.05) is 25.6 Å². The normalized spacial score (nSPS) is 12.1. The predicted molar refractivity (Wildman–Crippen MR) is 59.6 cm³/mol. The van der Waals surface area contributed by atoms with Gasteiger partial charge in [-0.25, -0.2) is 8.42 Å². The Morgan fingerprint density at radius 1 is 1.36 bits per heavy atom. The molecule has 0 radical (unpaired) electrons. The molecule has 0 amide bonds. The van der Waals surface area contributed by atoms with Crippen LogP contribution in [0.25, 0.3) is 10.1 Å². The standard InChI is InChI=1S/C9H7ClO2S2/c1-6-5-7-8(13-6)3-2-4-9(7)14(10,11)12/h2-5H,1H3. The zero-order valence-electron chi connectivity index (χ0n) is 7.32. The predicted octanol–water partition coefficient (Wildman–Crippen LogP) is 3.14. The van der Waals surface area contributed by atoms with E-state index in [1.807, 2.05) is 19.1 Å². The highest BCUT2D eigenvalue weighted by molar-refractivity contribution is 8.14. The molecule has 2 nitrogen and oxygen atoms in total. The lowest BCUT2D eigenvalue weighted by Crippen LogP contribution is -1.89. The first-order chi connectivity index (χ1) is 6.48. The van der Waals surface area contributed by atoms with Crippen molar-refractivity contribution >= 4 is 41.2 Å². The van der Waals surface area contributed by atoms with Crippen LogP contribution in [-0.2, 0) is 9.05 Å². The molecule has 1 aromatic heterocycles. The first kappa shape index (κ1) is 9.96. The Bertz CT molecular complexity index is 584. The minimum atomic E-state index is -3.64. The van der Waals surface area contributed by atoms with Gasteiger partial charge in [-0.05, 0) is 25.1 Å². The summed E-state index contributed by atoms with van der Waals surface area (Å²) in [6, 6.07) is 6.96. The second-order valence-electron chi connectivity index (χ2n) is 2.96. The number of aryl methyl sites for hydroxylation is 1. The first-order valence-electron chi connectivity index (χ1n) is 3.92. The molecule has 1 aromatic carbocycles. The summed E-state index contributed by atoms with van der Waals surface area (Å²) in [7, 11) is 1.69. The van der Waals surface area contributed by atoms with E-state index in [0.717, 1.165) is 9.58 Å². The van der Waals surface area contributed by atoms with Crippen molar-refractivity contribution in [2.75, 3.05) is 0 Å². The van der Waals surface area contributed by atoms with Gasteiger partial charge in [0.2, 0.25) is 0 Å². The smallest absolute Gasteiger partial charge is 0.207 e. The van der Waals surface area contributed by atoms with Crippen LogP contribution in [0.5, 0.6) is 0 Å². The lowest BCUT2D eigenvalue weighted by Gasteiger charge is -1.96. The number of halogens is 1. The van der Waals surface area contributed by atoms with Crippen molar-refractivity contribution < 1.29 is 8.42 Å². The van der Waals surface area contributed by atoms with Gasteiger partial charge in [-0.1, -0.05) is 6.07 Å². The number of hydrogen-bond donors (Lipinski definition) is 0. The maximum atomic E-state index is 11.2. The molecule has 0 aliphatic rings. The van der Waals surface area contributed by atoms with E-state index in [0.29, 0.717) is 5.39 Å². The molecular weight excluding hydrogens is 240 g/mol. The van der Waals surface area contributed by atoms with Crippen molar-refractivity contribution in [3.63, 3.8) is 0 Å². The van der Waals surface area contributed by atoms with Gasteiger partial charge in [0.15, 0.2) is 0 Å². The van der Waals surface area contributed by atoms with Crippen molar-refractivity contribution in [2.45, 2.75) is 11.8 Å². The second kappa shape index (κ2) is 3.22. The van der Waals surface area contributed by atoms with Gasteiger partial charge >= 0.3 is 0 Å². The van der Waals surface area contributed by atoms with Crippen LogP contribution in [-0.4, -0.2) is 8.42 Å². The van der Waals surface area contributed by atoms with Crippen molar-refractivity contribution in [3.8, 4) is 0 Å². The summed E-state index contributed by atoms with van der Waals surface area (Å²) in [4.78, 5) is 1.27. The Hall–Kier alpha value is -0.580. The molecular formula is C9H7ClO2S2. The quantitative estimate of drug-likeness (QED) is 0.725. The van der Waals surface area contributed by atoms with Crippen LogP contribution in [0, 0.1) is 6.92 Å². The average molecular weight is 247 g/mol. The number of thiophene rings is 1. The summed E-state index contributed by atoms with van der Waals surface area (Å²) in [5.41, 5.74) is 0. The molecule has 0 N–H and O–H groups in total. The summed E-state index contributed by atoms with van der Waals surface area (Å²) >= 11 is 1.56. The average Bonchev–Trinajstić information content (AvgIpc) is 2.41. The zero-order chi connectivity index (χ0) is 10.3. The number of benzene rings is 1. The SMILES string of the molecule is Cc1cc2c(S(=O)(=O)Cl)cccc2s1. The Kier molecular flexibility index (Phi) is 2.29. The largest absolute Gasteiger partial charge is 0.261 e. The number of fused-ring (bicyclic) bond motifs is 1. The van der Waals surface area contributed by atoms with E-state index in [1.54, 1.807) is 17.4 Å². The molecule has 0 fully saturated rings. The fraction of sp³-hybridized carbons (Fsp3) is 0.111. The molecule has 5 heteroatoms. The highest BCUT2D eigenvalue weighted by atomic mass is 35.7. The van der Waals surface area contributed by atoms with E-state index < -0.39 is 9.05 Å². The summed E-state index contributed by atoms with van der Waals surface area (Å²) in [6.07, 6.45) is 0. The van der Waals surface area contributed by atoms with Gasteiger partial charge in [-0.2, -0.15) is 0 Å². The third kappa shape index (κ3) is 1.65. The lowest BCUT2D eigenvalue weighted by atomic mass is 10.2.